The second-order valence-corrected chi connectivity index (χ2v) is 10.2. The maximum atomic E-state index is 13.1. The van der Waals surface area contributed by atoms with Gasteiger partial charge in [-0.3, -0.25) is 14.6 Å². The van der Waals surface area contributed by atoms with Crippen LogP contribution in [0.4, 0.5) is 26.3 Å². The number of alkyl halides is 6. The summed E-state index contributed by atoms with van der Waals surface area (Å²) < 4.78 is 77.2. The van der Waals surface area contributed by atoms with Gasteiger partial charge in [-0.25, -0.2) is 14.6 Å². The van der Waals surface area contributed by atoms with E-state index in [-0.39, 0.29) is 11.8 Å². The lowest BCUT2D eigenvalue weighted by Crippen LogP contribution is -2.54. The van der Waals surface area contributed by atoms with E-state index in [0.717, 1.165) is 17.1 Å². The Morgan fingerprint density at radius 3 is 2.12 bits per heavy atom. The molecule has 1 saturated heterocycles. The topological polar surface area (TPSA) is 173 Å². The fourth-order valence-corrected chi connectivity index (χ4v) is 4.68. The van der Waals surface area contributed by atoms with Gasteiger partial charge < -0.3 is 34.5 Å². The third-order valence-corrected chi connectivity index (χ3v) is 6.97. The Labute approximate surface area is 268 Å². The van der Waals surface area contributed by atoms with Gasteiger partial charge in [0.25, 0.3) is 11.8 Å². The van der Waals surface area contributed by atoms with Crippen LogP contribution in [0.25, 0.3) is 0 Å². The van der Waals surface area contributed by atoms with Gasteiger partial charge in [0.15, 0.2) is 6.10 Å². The summed E-state index contributed by atoms with van der Waals surface area (Å²) >= 11 is 0. The molecule has 4 heterocycles. The van der Waals surface area contributed by atoms with E-state index >= 15 is 0 Å². The fraction of sp³-hybridized carbons (Fsp3) is 0.379. The molecule has 0 radical (unpaired) electrons. The highest BCUT2D eigenvalue weighted by molar-refractivity contribution is 5.92. The summed E-state index contributed by atoms with van der Waals surface area (Å²) in [6, 6.07) is 12.9. The summed E-state index contributed by atoms with van der Waals surface area (Å²) in [5, 5.41) is 17.2. The normalized spacial score (nSPS) is 16.6. The molecule has 19 heteroatoms. The number of hydrogen-bond acceptors (Lipinski definition) is 8. The zero-order chi connectivity index (χ0) is 35.7. The van der Waals surface area contributed by atoms with Gasteiger partial charge in [-0.05, 0) is 29.8 Å². The van der Waals surface area contributed by atoms with Crippen LogP contribution in [0, 0.1) is 0 Å². The maximum Gasteiger partial charge on any atom is 0.490 e. The fourth-order valence-electron chi connectivity index (χ4n) is 4.68. The number of fused-ring (bicyclic) bond motifs is 2. The smallest absolute Gasteiger partial charge is 0.490 e. The standard InChI is InChI=1S/C25H27N5O4.2C2HF3O2/c1-33-19-6-4-5-18(15-19)16-28-22(31)21-17-30-14-11-27-24(30)25(34-21)8-12-29(13-9-25)23(32)20-7-2-3-10-26-20;2*3-2(4,5)1(6)7/h2-7,10-11,14-15,21H,8-9,12-13,16-17H2,1H3,(H,28,31);2*(H,6,7). The van der Waals surface area contributed by atoms with Crippen molar-refractivity contribution in [2.24, 2.45) is 0 Å². The third kappa shape index (κ3) is 9.90. The molecular weight excluding hydrogens is 660 g/mol. The largest absolute Gasteiger partial charge is 0.497 e. The van der Waals surface area contributed by atoms with Gasteiger partial charge in [0, 0.05) is 51.1 Å². The molecule has 1 atom stereocenters. The summed E-state index contributed by atoms with van der Waals surface area (Å²) in [6.45, 7) is 1.78. The Hall–Kier alpha value is -5.20. The highest BCUT2D eigenvalue weighted by atomic mass is 19.4. The number of piperidine rings is 1. The Kier molecular flexibility index (Phi) is 12.1. The van der Waals surface area contributed by atoms with Crippen molar-refractivity contribution in [3.05, 3.63) is 78.1 Å². The van der Waals surface area contributed by atoms with Crippen molar-refractivity contribution in [2.45, 2.75) is 50.0 Å². The van der Waals surface area contributed by atoms with E-state index in [0.29, 0.717) is 44.7 Å². The molecule has 1 fully saturated rings. The number of amides is 2. The number of carboxylic acids is 2. The van der Waals surface area contributed by atoms with Gasteiger partial charge in [-0.1, -0.05) is 18.2 Å². The van der Waals surface area contributed by atoms with Gasteiger partial charge in [-0.15, -0.1) is 0 Å². The van der Waals surface area contributed by atoms with Crippen molar-refractivity contribution >= 4 is 23.8 Å². The van der Waals surface area contributed by atoms with Crippen molar-refractivity contribution in [1.82, 2.24) is 24.8 Å². The minimum absolute atomic E-state index is 0.0952. The van der Waals surface area contributed by atoms with Crippen molar-refractivity contribution in [3.8, 4) is 5.75 Å². The number of nitrogens with one attached hydrogen (secondary N) is 1. The van der Waals surface area contributed by atoms with Gasteiger partial charge >= 0.3 is 24.3 Å². The number of methoxy groups -OCH3 is 1. The number of carboxylic acid groups (broad SMARTS) is 2. The van der Waals surface area contributed by atoms with E-state index in [1.807, 2.05) is 41.1 Å². The number of ether oxygens (including phenoxy) is 2. The molecule has 260 valence electrons. The SMILES string of the molecule is COc1cccc(CNC(=O)C2Cn3ccnc3C3(CCN(C(=O)c4ccccn4)CC3)O2)c1.O=C(O)C(F)(F)F.O=C(O)C(F)(F)F. The Bertz CT molecular complexity index is 1550. The van der Waals surface area contributed by atoms with E-state index in [4.69, 9.17) is 29.3 Å². The Balaban J connectivity index is 0.000000376. The zero-order valence-electron chi connectivity index (χ0n) is 25.0. The first-order chi connectivity index (χ1) is 22.5. The molecule has 2 amide bonds. The minimum atomic E-state index is -5.08. The Morgan fingerprint density at radius 2 is 1.58 bits per heavy atom. The summed E-state index contributed by atoms with van der Waals surface area (Å²) in [6.07, 6.45) is -4.46. The molecule has 2 aliphatic heterocycles. The van der Waals surface area contributed by atoms with Crippen LogP contribution in [0.1, 0.15) is 34.7 Å². The molecule has 48 heavy (non-hydrogen) atoms. The first kappa shape index (κ1) is 37.3. The second-order valence-electron chi connectivity index (χ2n) is 10.2. The van der Waals surface area contributed by atoms with Gasteiger partial charge in [-0.2, -0.15) is 26.3 Å². The Morgan fingerprint density at radius 1 is 0.958 bits per heavy atom. The van der Waals surface area contributed by atoms with Gasteiger partial charge in [0.1, 0.15) is 22.9 Å². The minimum Gasteiger partial charge on any atom is -0.497 e. The molecule has 1 unspecified atom stereocenters. The lowest BCUT2D eigenvalue weighted by molar-refractivity contribution is -0.193. The number of benzene rings is 1. The molecule has 2 aromatic heterocycles. The summed E-state index contributed by atoms with van der Waals surface area (Å²) in [5.41, 5.74) is 0.669. The molecule has 13 nitrogen and oxygen atoms in total. The highest BCUT2D eigenvalue weighted by Crippen LogP contribution is 2.40. The van der Waals surface area contributed by atoms with Crippen LogP contribution >= 0.6 is 0 Å². The zero-order valence-corrected chi connectivity index (χ0v) is 25.0. The molecule has 0 aliphatic carbocycles. The van der Waals surface area contributed by atoms with Crippen molar-refractivity contribution in [1.29, 1.82) is 0 Å². The number of likely N-dealkylation sites (tertiary alicyclic amines) is 1. The van der Waals surface area contributed by atoms with E-state index in [2.05, 4.69) is 15.3 Å². The van der Waals surface area contributed by atoms with Crippen molar-refractivity contribution in [2.75, 3.05) is 20.2 Å². The average Bonchev–Trinajstić information content (AvgIpc) is 3.54. The monoisotopic (exact) mass is 689 g/mol. The molecule has 3 aromatic rings. The number of hydrogen-bond donors (Lipinski definition) is 3. The number of halogens is 6. The summed E-state index contributed by atoms with van der Waals surface area (Å²) in [4.78, 5) is 54.2. The number of imidazole rings is 1. The molecule has 3 N–H and O–H groups in total. The van der Waals surface area contributed by atoms with Crippen LogP contribution < -0.4 is 10.1 Å². The van der Waals surface area contributed by atoms with E-state index in [1.54, 1.807) is 36.5 Å². The number of carbonyl (C=O) groups excluding carboxylic acids is 2. The number of aromatic nitrogens is 3. The molecule has 0 saturated carbocycles. The van der Waals surface area contributed by atoms with Gasteiger partial charge in [0.2, 0.25) is 0 Å². The van der Waals surface area contributed by atoms with Crippen molar-refractivity contribution < 1.29 is 65.2 Å². The summed E-state index contributed by atoms with van der Waals surface area (Å²) in [7, 11) is 1.62. The van der Waals surface area contributed by atoms with Crippen LogP contribution in [0.2, 0.25) is 0 Å². The van der Waals surface area contributed by atoms with E-state index < -0.39 is 36.0 Å². The van der Waals surface area contributed by atoms with Crippen LogP contribution in [-0.4, -0.2) is 92.1 Å². The third-order valence-electron chi connectivity index (χ3n) is 6.97. The number of nitrogens with zero attached hydrogens (tertiary/aromatic N) is 4. The quantitative estimate of drug-likeness (QED) is 0.337. The highest BCUT2D eigenvalue weighted by Gasteiger charge is 2.48. The van der Waals surface area contributed by atoms with Gasteiger partial charge in [0.05, 0.1) is 13.7 Å². The molecule has 2 aliphatic rings. The lowest BCUT2D eigenvalue weighted by atomic mass is 9.88. The van der Waals surface area contributed by atoms with Crippen LogP contribution in [0.5, 0.6) is 5.75 Å². The number of pyridine rings is 1. The average molecular weight is 690 g/mol. The second kappa shape index (κ2) is 15.6. The molecule has 0 bridgehead atoms. The predicted octanol–water partition coefficient (Wildman–Crippen LogP) is 3.40. The van der Waals surface area contributed by atoms with Crippen LogP contribution in [0.3, 0.4) is 0 Å². The van der Waals surface area contributed by atoms with Crippen LogP contribution in [0.15, 0.2) is 61.1 Å². The van der Waals surface area contributed by atoms with E-state index in [9.17, 15) is 35.9 Å². The number of carbonyl (C=O) groups is 4. The molecule has 1 aromatic carbocycles. The molecular formula is C29H29F6N5O8. The lowest BCUT2D eigenvalue weighted by Gasteiger charge is -2.45. The molecule has 5 rings (SSSR count). The summed E-state index contributed by atoms with van der Waals surface area (Å²) in [5.74, 6) is -4.22. The van der Waals surface area contributed by atoms with E-state index in [1.165, 1.54) is 0 Å². The van der Waals surface area contributed by atoms with Crippen LogP contribution in [-0.2, 0) is 37.8 Å². The molecule has 1 spiro atoms. The first-order valence-electron chi connectivity index (χ1n) is 13.9. The first-order valence-corrected chi connectivity index (χ1v) is 13.9. The maximum absolute atomic E-state index is 13.1. The number of rotatable bonds is 5. The van der Waals surface area contributed by atoms with Crippen molar-refractivity contribution in [3.63, 3.8) is 0 Å². The predicted molar refractivity (Wildman–Crippen MR) is 150 cm³/mol. The number of aliphatic carboxylic acids is 2.